The first-order valence-corrected chi connectivity index (χ1v) is 6.98. The maximum atomic E-state index is 12.6. The van der Waals surface area contributed by atoms with Crippen LogP contribution >= 0.6 is 23.2 Å². The van der Waals surface area contributed by atoms with E-state index >= 15 is 0 Å². The third kappa shape index (κ3) is 2.13. The highest BCUT2D eigenvalue weighted by molar-refractivity contribution is 6.38. The Kier molecular flexibility index (Phi) is 3.32. The number of carbonyl (C=O) groups excluding carboxylic acids is 1. The molecule has 1 aliphatic rings. The molecule has 0 aromatic heterocycles. The lowest BCUT2D eigenvalue weighted by atomic mass is 10.1. The van der Waals surface area contributed by atoms with Crippen LogP contribution < -0.4 is 10.6 Å². The van der Waals surface area contributed by atoms with E-state index in [4.69, 9.17) is 28.9 Å². The summed E-state index contributed by atoms with van der Waals surface area (Å²) >= 11 is 12.0. The SMILES string of the molecule is Nc1cc(C(=O)N2CCc3ccccc32)c(Cl)cc1Cl. The van der Waals surface area contributed by atoms with Gasteiger partial charge in [0.1, 0.15) is 0 Å². The molecule has 0 radical (unpaired) electrons. The van der Waals surface area contributed by atoms with E-state index in [0.29, 0.717) is 27.8 Å². The first kappa shape index (κ1) is 13.3. The molecule has 0 aliphatic carbocycles. The van der Waals surface area contributed by atoms with Crippen molar-refractivity contribution in [2.45, 2.75) is 6.42 Å². The Morgan fingerprint density at radius 3 is 2.70 bits per heavy atom. The summed E-state index contributed by atoms with van der Waals surface area (Å²) in [6.07, 6.45) is 0.850. The van der Waals surface area contributed by atoms with Crippen molar-refractivity contribution in [1.82, 2.24) is 0 Å². The zero-order chi connectivity index (χ0) is 14.3. The number of hydrogen-bond acceptors (Lipinski definition) is 2. The third-order valence-electron chi connectivity index (χ3n) is 3.45. The summed E-state index contributed by atoms with van der Waals surface area (Å²) in [7, 11) is 0. The van der Waals surface area contributed by atoms with Gasteiger partial charge >= 0.3 is 0 Å². The van der Waals surface area contributed by atoms with Crippen LogP contribution in [0.4, 0.5) is 11.4 Å². The highest BCUT2D eigenvalue weighted by atomic mass is 35.5. The Balaban J connectivity index is 2.01. The molecule has 0 atom stereocenters. The lowest BCUT2D eigenvalue weighted by Crippen LogP contribution is -2.29. The van der Waals surface area contributed by atoms with E-state index < -0.39 is 0 Å². The lowest BCUT2D eigenvalue weighted by molar-refractivity contribution is 0.0989. The number of fused-ring (bicyclic) bond motifs is 1. The van der Waals surface area contributed by atoms with Crippen LogP contribution in [0.3, 0.4) is 0 Å². The van der Waals surface area contributed by atoms with Gasteiger partial charge in [-0.2, -0.15) is 0 Å². The van der Waals surface area contributed by atoms with Crippen LogP contribution in [0.25, 0.3) is 0 Å². The molecule has 1 heterocycles. The maximum Gasteiger partial charge on any atom is 0.259 e. The van der Waals surface area contributed by atoms with Crippen LogP contribution in [0.5, 0.6) is 0 Å². The number of halogens is 2. The minimum Gasteiger partial charge on any atom is -0.398 e. The Morgan fingerprint density at radius 1 is 1.15 bits per heavy atom. The zero-order valence-electron chi connectivity index (χ0n) is 10.6. The molecule has 0 spiro atoms. The number of para-hydroxylation sites is 1. The Bertz CT molecular complexity index is 700. The third-order valence-corrected chi connectivity index (χ3v) is 4.09. The molecule has 0 unspecified atom stereocenters. The first-order chi connectivity index (χ1) is 9.58. The van der Waals surface area contributed by atoms with Crippen molar-refractivity contribution in [3.05, 3.63) is 57.6 Å². The predicted octanol–water partition coefficient (Wildman–Crippen LogP) is 3.78. The number of nitrogens with two attached hydrogens (primary N) is 1. The van der Waals surface area contributed by atoms with Gasteiger partial charge in [-0.1, -0.05) is 41.4 Å². The second-order valence-corrected chi connectivity index (χ2v) is 5.50. The summed E-state index contributed by atoms with van der Waals surface area (Å²) in [4.78, 5) is 14.4. The fourth-order valence-electron chi connectivity index (χ4n) is 2.42. The van der Waals surface area contributed by atoms with Crippen LogP contribution in [0, 0.1) is 0 Å². The summed E-state index contributed by atoms with van der Waals surface area (Å²) in [5.74, 6) is -0.150. The minimum atomic E-state index is -0.150. The van der Waals surface area contributed by atoms with Crippen LogP contribution in [0.1, 0.15) is 15.9 Å². The quantitative estimate of drug-likeness (QED) is 0.815. The number of hydrogen-bond donors (Lipinski definition) is 1. The van der Waals surface area contributed by atoms with Gasteiger partial charge in [-0.3, -0.25) is 4.79 Å². The normalized spacial score (nSPS) is 13.4. The number of benzene rings is 2. The fraction of sp³-hybridized carbons (Fsp3) is 0.133. The van der Waals surface area contributed by atoms with Gasteiger partial charge in [0.25, 0.3) is 5.91 Å². The average molecular weight is 307 g/mol. The summed E-state index contributed by atoms with van der Waals surface area (Å²) < 4.78 is 0. The molecule has 0 bridgehead atoms. The van der Waals surface area contributed by atoms with Gasteiger partial charge in [-0.05, 0) is 30.2 Å². The second-order valence-electron chi connectivity index (χ2n) is 4.69. The van der Waals surface area contributed by atoms with E-state index in [1.807, 2.05) is 24.3 Å². The van der Waals surface area contributed by atoms with E-state index in [0.717, 1.165) is 12.1 Å². The number of anilines is 2. The zero-order valence-corrected chi connectivity index (χ0v) is 12.1. The van der Waals surface area contributed by atoms with Crippen molar-refractivity contribution in [2.75, 3.05) is 17.2 Å². The molecule has 1 amide bonds. The van der Waals surface area contributed by atoms with Crippen molar-refractivity contribution < 1.29 is 4.79 Å². The van der Waals surface area contributed by atoms with Crippen LogP contribution in [0.15, 0.2) is 36.4 Å². The largest absolute Gasteiger partial charge is 0.398 e. The smallest absolute Gasteiger partial charge is 0.259 e. The molecule has 5 heteroatoms. The minimum absolute atomic E-state index is 0.150. The highest BCUT2D eigenvalue weighted by Crippen LogP contribution is 2.32. The van der Waals surface area contributed by atoms with Gasteiger partial charge in [0.05, 0.1) is 21.3 Å². The molecule has 2 aromatic rings. The first-order valence-electron chi connectivity index (χ1n) is 6.22. The monoisotopic (exact) mass is 306 g/mol. The number of nitrogens with zero attached hydrogens (tertiary/aromatic N) is 1. The number of amides is 1. The second kappa shape index (κ2) is 5.00. The van der Waals surface area contributed by atoms with Crippen LogP contribution in [-0.4, -0.2) is 12.5 Å². The molecule has 20 heavy (non-hydrogen) atoms. The molecular weight excluding hydrogens is 295 g/mol. The molecule has 2 aromatic carbocycles. The number of nitrogen functional groups attached to an aromatic ring is 1. The Morgan fingerprint density at radius 2 is 1.90 bits per heavy atom. The molecule has 1 aliphatic heterocycles. The molecule has 0 saturated heterocycles. The average Bonchev–Trinajstić information content (AvgIpc) is 2.86. The summed E-state index contributed by atoms with van der Waals surface area (Å²) in [6.45, 7) is 0.650. The number of carbonyl (C=O) groups is 1. The molecule has 3 rings (SSSR count). The molecule has 0 fully saturated rings. The standard InChI is InChI=1S/C15H12Cl2N2O/c16-11-8-12(17)13(18)7-10(11)15(20)19-6-5-9-3-1-2-4-14(9)19/h1-4,7-8H,5-6,18H2. The highest BCUT2D eigenvalue weighted by Gasteiger charge is 2.26. The van der Waals surface area contributed by atoms with E-state index in [1.54, 1.807) is 4.90 Å². The summed E-state index contributed by atoms with van der Waals surface area (Å²) in [5.41, 5.74) is 8.59. The van der Waals surface area contributed by atoms with Crippen molar-refractivity contribution in [3.8, 4) is 0 Å². The van der Waals surface area contributed by atoms with Crippen molar-refractivity contribution in [1.29, 1.82) is 0 Å². The van der Waals surface area contributed by atoms with Crippen LogP contribution in [0.2, 0.25) is 10.0 Å². The van der Waals surface area contributed by atoms with Gasteiger partial charge in [-0.15, -0.1) is 0 Å². The Labute approximate surface area is 126 Å². The Hall–Kier alpha value is -1.71. The van der Waals surface area contributed by atoms with Gasteiger partial charge in [0.15, 0.2) is 0 Å². The summed E-state index contributed by atoms with van der Waals surface area (Å²) in [6, 6.07) is 10.9. The number of rotatable bonds is 1. The lowest BCUT2D eigenvalue weighted by Gasteiger charge is -2.18. The van der Waals surface area contributed by atoms with E-state index in [9.17, 15) is 4.79 Å². The predicted molar refractivity (Wildman–Crippen MR) is 82.7 cm³/mol. The van der Waals surface area contributed by atoms with Gasteiger partial charge in [-0.25, -0.2) is 0 Å². The van der Waals surface area contributed by atoms with Gasteiger partial charge in [0, 0.05) is 12.2 Å². The van der Waals surface area contributed by atoms with Crippen molar-refractivity contribution >= 4 is 40.5 Å². The molecule has 102 valence electrons. The van der Waals surface area contributed by atoms with E-state index in [2.05, 4.69) is 0 Å². The van der Waals surface area contributed by atoms with Gasteiger partial charge in [0.2, 0.25) is 0 Å². The molecule has 3 nitrogen and oxygen atoms in total. The van der Waals surface area contributed by atoms with E-state index in [-0.39, 0.29) is 5.91 Å². The molecule has 2 N–H and O–H groups in total. The maximum absolute atomic E-state index is 12.6. The van der Waals surface area contributed by atoms with Crippen molar-refractivity contribution in [2.24, 2.45) is 0 Å². The van der Waals surface area contributed by atoms with Crippen molar-refractivity contribution in [3.63, 3.8) is 0 Å². The van der Waals surface area contributed by atoms with E-state index in [1.165, 1.54) is 17.7 Å². The van der Waals surface area contributed by atoms with Crippen LogP contribution in [-0.2, 0) is 6.42 Å². The molecule has 0 saturated carbocycles. The summed E-state index contributed by atoms with van der Waals surface area (Å²) in [5, 5.41) is 0.673. The topological polar surface area (TPSA) is 46.3 Å². The molecular formula is C15H12Cl2N2O. The van der Waals surface area contributed by atoms with Gasteiger partial charge < -0.3 is 10.6 Å². The fourth-order valence-corrected chi connectivity index (χ4v) is 2.89.